The summed E-state index contributed by atoms with van der Waals surface area (Å²) in [4.78, 5) is 22.2. The fourth-order valence-corrected chi connectivity index (χ4v) is 1.62. The van der Waals surface area contributed by atoms with Gasteiger partial charge in [0.15, 0.2) is 11.5 Å². The summed E-state index contributed by atoms with van der Waals surface area (Å²) in [6.45, 7) is 4.12. The number of H-pyrrole nitrogens is 1. The number of aliphatic imine (C=N–C) groups is 1. The van der Waals surface area contributed by atoms with Crippen LogP contribution in [0.2, 0.25) is 0 Å². The molecule has 7 heteroatoms. The number of aromatic nitrogens is 2. The molecule has 2 heterocycles. The normalized spacial score (nSPS) is 17.3. The van der Waals surface area contributed by atoms with E-state index in [9.17, 15) is 4.79 Å². The third kappa shape index (κ3) is 1.54. The lowest BCUT2D eigenvalue weighted by Gasteiger charge is -2.32. The van der Waals surface area contributed by atoms with Gasteiger partial charge in [0.05, 0.1) is 11.3 Å². The lowest BCUT2D eigenvalue weighted by atomic mass is 9.96. The molecular formula is C9H14N6O. The van der Waals surface area contributed by atoms with Crippen LogP contribution in [0.25, 0.3) is 0 Å². The minimum absolute atomic E-state index is 0.0680. The van der Waals surface area contributed by atoms with Gasteiger partial charge in [-0.25, -0.2) is 4.99 Å². The van der Waals surface area contributed by atoms with Gasteiger partial charge in [-0.05, 0) is 13.8 Å². The fourth-order valence-electron chi connectivity index (χ4n) is 1.62. The Labute approximate surface area is 92.0 Å². The van der Waals surface area contributed by atoms with E-state index in [0.717, 1.165) is 0 Å². The number of fused-ring (bicyclic) bond motifs is 1. The topological polar surface area (TPSA) is 122 Å². The smallest absolute Gasteiger partial charge is 0.280 e. The quantitative estimate of drug-likeness (QED) is 0.514. The van der Waals surface area contributed by atoms with Crippen molar-refractivity contribution in [2.75, 3.05) is 17.6 Å². The summed E-state index contributed by atoms with van der Waals surface area (Å²) in [6.07, 6.45) is 0. The van der Waals surface area contributed by atoms with E-state index >= 15 is 0 Å². The Kier molecular flexibility index (Phi) is 2.20. The minimum atomic E-state index is -0.422. The maximum Gasteiger partial charge on any atom is 0.280 e. The van der Waals surface area contributed by atoms with E-state index in [1.807, 2.05) is 13.8 Å². The lowest BCUT2D eigenvalue weighted by Crippen LogP contribution is -2.46. The van der Waals surface area contributed by atoms with Gasteiger partial charge in [-0.3, -0.25) is 9.78 Å². The molecule has 0 unspecified atom stereocenters. The Bertz CT molecular complexity index is 515. The van der Waals surface area contributed by atoms with Crippen LogP contribution < -0.4 is 22.3 Å². The highest BCUT2D eigenvalue weighted by Crippen LogP contribution is 2.28. The van der Waals surface area contributed by atoms with Crippen molar-refractivity contribution in [3.8, 4) is 0 Å². The number of nitrogens with two attached hydrogens (primary N) is 2. The molecule has 1 aromatic heterocycles. The number of aromatic amines is 1. The molecule has 1 aromatic rings. The molecule has 7 nitrogen and oxygen atoms in total. The van der Waals surface area contributed by atoms with Crippen LogP contribution >= 0.6 is 0 Å². The van der Waals surface area contributed by atoms with Gasteiger partial charge in [0.2, 0.25) is 5.95 Å². The zero-order chi connectivity index (χ0) is 11.9. The van der Waals surface area contributed by atoms with E-state index < -0.39 is 5.54 Å². The predicted octanol–water partition coefficient (Wildman–Crippen LogP) is -0.413. The first-order valence-electron chi connectivity index (χ1n) is 4.90. The molecule has 6 N–H and O–H groups in total. The Morgan fingerprint density at radius 2 is 2.12 bits per heavy atom. The average Bonchev–Trinajstić information content (AvgIpc) is 2.14. The van der Waals surface area contributed by atoms with Crippen LogP contribution in [-0.4, -0.2) is 27.8 Å². The molecule has 0 fully saturated rings. The first-order valence-corrected chi connectivity index (χ1v) is 4.90. The molecule has 1 aliphatic rings. The second-order valence-electron chi connectivity index (χ2n) is 4.16. The van der Waals surface area contributed by atoms with Crippen molar-refractivity contribution in [2.45, 2.75) is 19.4 Å². The van der Waals surface area contributed by atoms with Crippen molar-refractivity contribution in [1.82, 2.24) is 9.97 Å². The SMILES string of the molecule is CC1(C)Nc2nc(N)[nH]c(=O)c2N=C1CN. The minimum Gasteiger partial charge on any atom is -0.369 e. The third-order valence-electron chi connectivity index (χ3n) is 2.51. The summed E-state index contributed by atoms with van der Waals surface area (Å²) >= 11 is 0. The van der Waals surface area contributed by atoms with Gasteiger partial charge < -0.3 is 16.8 Å². The van der Waals surface area contributed by atoms with Crippen LogP contribution in [0.1, 0.15) is 13.8 Å². The molecule has 0 spiro atoms. The van der Waals surface area contributed by atoms with Crippen LogP contribution in [0.5, 0.6) is 0 Å². The van der Waals surface area contributed by atoms with Gasteiger partial charge in [0.1, 0.15) is 0 Å². The molecule has 0 aliphatic carbocycles. The van der Waals surface area contributed by atoms with Crippen LogP contribution in [0.4, 0.5) is 17.5 Å². The van der Waals surface area contributed by atoms with Crippen molar-refractivity contribution >= 4 is 23.2 Å². The number of rotatable bonds is 1. The molecule has 86 valence electrons. The highest BCUT2D eigenvalue weighted by Gasteiger charge is 2.30. The highest BCUT2D eigenvalue weighted by atomic mass is 16.1. The Balaban J connectivity index is 2.65. The van der Waals surface area contributed by atoms with Crippen LogP contribution in [0.15, 0.2) is 9.79 Å². The highest BCUT2D eigenvalue weighted by molar-refractivity contribution is 6.01. The van der Waals surface area contributed by atoms with E-state index in [1.54, 1.807) is 0 Å². The van der Waals surface area contributed by atoms with Crippen molar-refractivity contribution in [3.63, 3.8) is 0 Å². The molecule has 0 saturated carbocycles. The van der Waals surface area contributed by atoms with Gasteiger partial charge in [-0.1, -0.05) is 0 Å². The molecule has 0 atom stereocenters. The molecule has 2 rings (SSSR count). The first kappa shape index (κ1) is 10.6. The number of nitrogens with one attached hydrogen (secondary N) is 2. The number of hydrogen-bond donors (Lipinski definition) is 4. The predicted molar refractivity (Wildman–Crippen MR) is 63.1 cm³/mol. The standard InChI is InChI=1S/C9H14N6O/c1-9(2)4(3-10)12-5-6(15-9)13-8(11)14-7(5)16/h3,10H2,1-2H3,(H4,11,13,14,15,16). The monoisotopic (exact) mass is 222 g/mol. The van der Waals surface area contributed by atoms with Crippen molar-refractivity contribution < 1.29 is 0 Å². The number of hydrogen-bond acceptors (Lipinski definition) is 6. The summed E-state index contributed by atoms with van der Waals surface area (Å²) in [5, 5.41) is 3.10. The maximum absolute atomic E-state index is 11.6. The Morgan fingerprint density at radius 1 is 1.44 bits per heavy atom. The summed E-state index contributed by atoms with van der Waals surface area (Å²) in [6, 6.07) is 0. The summed E-state index contributed by atoms with van der Waals surface area (Å²) in [7, 11) is 0. The zero-order valence-corrected chi connectivity index (χ0v) is 9.16. The molecule has 0 amide bonds. The van der Waals surface area contributed by atoms with Crippen LogP contribution in [0, 0.1) is 0 Å². The molecule has 16 heavy (non-hydrogen) atoms. The molecule has 0 radical (unpaired) electrons. The largest absolute Gasteiger partial charge is 0.369 e. The second kappa shape index (κ2) is 3.31. The number of nitrogen functional groups attached to an aromatic ring is 1. The van der Waals surface area contributed by atoms with E-state index in [0.29, 0.717) is 11.5 Å². The molecule has 0 bridgehead atoms. The summed E-state index contributed by atoms with van der Waals surface area (Å²) in [5.74, 6) is 0.460. The van der Waals surface area contributed by atoms with Crippen LogP contribution in [-0.2, 0) is 0 Å². The van der Waals surface area contributed by atoms with Gasteiger partial charge in [0.25, 0.3) is 5.56 Å². The maximum atomic E-state index is 11.6. The van der Waals surface area contributed by atoms with Crippen LogP contribution in [0.3, 0.4) is 0 Å². The number of nitrogens with zero attached hydrogens (tertiary/aromatic N) is 2. The molecular weight excluding hydrogens is 208 g/mol. The molecule has 0 saturated heterocycles. The summed E-state index contributed by atoms with van der Waals surface area (Å²) in [5.41, 5.74) is 11.2. The average molecular weight is 222 g/mol. The summed E-state index contributed by atoms with van der Waals surface area (Å²) < 4.78 is 0. The Hall–Kier alpha value is -1.89. The van der Waals surface area contributed by atoms with E-state index in [4.69, 9.17) is 11.5 Å². The van der Waals surface area contributed by atoms with Gasteiger partial charge in [0, 0.05) is 6.54 Å². The van der Waals surface area contributed by atoms with Gasteiger partial charge in [-0.2, -0.15) is 4.98 Å². The number of anilines is 2. The zero-order valence-electron chi connectivity index (χ0n) is 9.16. The van der Waals surface area contributed by atoms with Crippen molar-refractivity contribution in [3.05, 3.63) is 10.4 Å². The van der Waals surface area contributed by atoms with Gasteiger partial charge >= 0.3 is 0 Å². The second-order valence-corrected chi connectivity index (χ2v) is 4.16. The first-order chi connectivity index (χ1) is 7.44. The fraction of sp³-hybridized carbons (Fsp3) is 0.444. The van der Waals surface area contributed by atoms with Crippen molar-refractivity contribution in [1.29, 1.82) is 0 Å². The molecule has 0 aromatic carbocycles. The Morgan fingerprint density at radius 3 is 2.75 bits per heavy atom. The van der Waals surface area contributed by atoms with Gasteiger partial charge in [-0.15, -0.1) is 0 Å². The van der Waals surface area contributed by atoms with E-state index in [2.05, 4.69) is 20.3 Å². The van der Waals surface area contributed by atoms with E-state index in [-0.39, 0.29) is 23.7 Å². The van der Waals surface area contributed by atoms with Crippen molar-refractivity contribution in [2.24, 2.45) is 10.7 Å². The van der Waals surface area contributed by atoms with E-state index in [1.165, 1.54) is 0 Å². The molecule has 1 aliphatic heterocycles. The third-order valence-corrected chi connectivity index (χ3v) is 2.51. The lowest BCUT2D eigenvalue weighted by molar-refractivity contribution is 0.731.